The molecule has 0 aromatic heterocycles. The highest BCUT2D eigenvalue weighted by Gasteiger charge is 2.37. The van der Waals surface area contributed by atoms with Crippen molar-refractivity contribution in [1.82, 2.24) is 4.90 Å². The fourth-order valence-corrected chi connectivity index (χ4v) is 3.07. The number of amidine groups is 1. The highest BCUT2D eigenvalue weighted by molar-refractivity contribution is 5.76. The third kappa shape index (κ3) is 1.59. The van der Waals surface area contributed by atoms with E-state index in [4.69, 9.17) is 5.41 Å². The van der Waals surface area contributed by atoms with Crippen LogP contribution in [0.4, 0.5) is 0 Å². The van der Waals surface area contributed by atoms with E-state index >= 15 is 0 Å². The van der Waals surface area contributed by atoms with Crippen LogP contribution in [0.2, 0.25) is 0 Å². The van der Waals surface area contributed by atoms with Gasteiger partial charge in [0.05, 0.1) is 5.84 Å². The molecule has 0 heterocycles. The summed E-state index contributed by atoms with van der Waals surface area (Å²) in [4.78, 5) is 2.19. The highest BCUT2D eigenvalue weighted by atomic mass is 15.2. The van der Waals surface area contributed by atoms with Gasteiger partial charge in [-0.1, -0.05) is 12.8 Å². The van der Waals surface area contributed by atoms with E-state index in [9.17, 15) is 0 Å². The van der Waals surface area contributed by atoms with Gasteiger partial charge in [-0.05, 0) is 38.0 Å². The molecular formula is C11H20N2. The first-order valence-electron chi connectivity index (χ1n) is 5.46. The maximum atomic E-state index is 7.64. The Balaban J connectivity index is 2.04. The number of hydrogen-bond donors (Lipinski definition) is 1. The van der Waals surface area contributed by atoms with Gasteiger partial charge in [-0.15, -0.1) is 0 Å². The summed E-state index contributed by atoms with van der Waals surface area (Å²) in [6, 6.07) is 0.685. The Kier molecular flexibility index (Phi) is 2.31. The zero-order chi connectivity index (χ0) is 9.42. The van der Waals surface area contributed by atoms with Gasteiger partial charge >= 0.3 is 0 Å². The number of rotatable bonds is 1. The maximum absolute atomic E-state index is 7.64. The molecule has 13 heavy (non-hydrogen) atoms. The Labute approximate surface area is 80.8 Å². The maximum Gasteiger partial charge on any atom is 0.0925 e. The molecule has 0 saturated heterocycles. The van der Waals surface area contributed by atoms with Crippen LogP contribution in [0.25, 0.3) is 0 Å². The van der Waals surface area contributed by atoms with Crippen molar-refractivity contribution in [3.8, 4) is 0 Å². The lowest BCUT2D eigenvalue weighted by Crippen LogP contribution is -2.47. The van der Waals surface area contributed by atoms with Crippen molar-refractivity contribution in [2.75, 3.05) is 7.05 Å². The van der Waals surface area contributed by atoms with E-state index in [1.165, 1.54) is 32.1 Å². The minimum absolute atomic E-state index is 0.685. The molecule has 74 valence electrons. The van der Waals surface area contributed by atoms with Gasteiger partial charge in [0, 0.05) is 13.1 Å². The van der Waals surface area contributed by atoms with Crippen LogP contribution in [0.15, 0.2) is 0 Å². The predicted octanol–water partition coefficient (Wildman–Crippen LogP) is 2.49. The molecule has 3 rings (SSSR count). The van der Waals surface area contributed by atoms with E-state index < -0.39 is 0 Å². The van der Waals surface area contributed by atoms with Crippen molar-refractivity contribution in [3.63, 3.8) is 0 Å². The molecule has 3 aliphatic carbocycles. The zero-order valence-electron chi connectivity index (χ0n) is 8.71. The molecule has 2 nitrogen and oxygen atoms in total. The third-order valence-electron chi connectivity index (χ3n) is 4.04. The Hall–Kier alpha value is -0.530. The predicted molar refractivity (Wildman–Crippen MR) is 55.0 cm³/mol. The summed E-state index contributed by atoms with van der Waals surface area (Å²) in [6.45, 7) is 1.91. The first kappa shape index (κ1) is 9.04. The average molecular weight is 180 g/mol. The summed E-state index contributed by atoms with van der Waals surface area (Å²) < 4.78 is 0. The van der Waals surface area contributed by atoms with Gasteiger partial charge in [-0.3, -0.25) is 5.41 Å². The summed E-state index contributed by atoms with van der Waals surface area (Å²) in [5.41, 5.74) is 0. The normalized spacial score (nSPS) is 37.5. The lowest BCUT2D eigenvalue weighted by atomic mass is 9.67. The molecule has 1 N–H and O–H groups in total. The zero-order valence-corrected chi connectivity index (χ0v) is 8.71. The fraction of sp³-hybridized carbons (Fsp3) is 0.909. The Morgan fingerprint density at radius 1 is 1.23 bits per heavy atom. The van der Waals surface area contributed by atoms with Crippen LogP contribution >= 0.6 is 0 Å². The van der Waals surface area contributed by atoms with Gasteiger partial charge in [0.25, 0.3) is 0 Å². The largest absolute Gasteiger partial charge is 0.361 e. The van der Waals surface area contributed by atoms with Crippen LogP contribution in [-0.2, 0) is 0 Å². The van der Waals surface area contributed by atoms with Crippen LogP contribution in [-0.4, -0.2) is 23.8 Å². The summed E-state index contributed by atoms with van der Waals surface area (Å²) in [6.07, 6.45) is 7.06. The first-order chi connectivity index (χ1) is 6.18. The van der Waals surface area contributed by atoms with Crippen LogP contribution < -0.4 is 0 Å². The molecule has 1 atom stereocenters. The van der Waals surface area contributed by atoms with Crippen molar-refractivity contribution < 1.29 is 0 Å². The van der Waals surface area contributed by atoms with Crippen LogP contribution in [0.3, 0.4) is 0 Å². The molecule has 3 fully saturated rings. The molecule has 3 aliphatic rings. The lowest BCUT2D eigenvalue weighted by Gasteiger charge is -2.46. The third-order valence-corrected chi connectivity index (χ3v) is 4.04. The lowest BCUT2D eigenvalue weighted by molar-refractivity contribution is 0.0827. The molecule has 0 radical (unpaired) electrons. The Morgan fingerprint density at radius 3 is 2.23 bits per heavy atom. The smallest absolute Gasteiger partial charge is 0.0925 e. The van der Waals surface area contributed by atoms with Crippen LogP contribution in [0.1, 0.15) is 39.0 Å². The number of nitrogens with zero attached hydrogens (tertiary/aromatic N) is 1. The summed E-state index contributed by atoms with van der Waals surface area (Å²) in [5.74, 6) is 2.59. The monoisotopic (exact) mass is 180 g/mol. The van der Waals surface area contributed by atoms with Gasteiger partial charge < -0.3 is 4.90 Å². The second-order valence-corrected chi connectivity index (χ2v) is 4.78. The molecule has 0 spiro atoms. The number of fused-ring (bicyclic) bond motifs is 3. The Morgan fingerprint density at radius 2 is 1.85 bits per heavy atom. The van der Waals surface area contributed by atoms with E-state index in [1.807, 2.05) is 6.92 Å². The van der Waals surface area contributed by atoms with E-state index in [0.29, 0.717) is 6.04 Å². The second kappa shape index (κ2) is 3.32. The van der Waals surface area contributed by atoms with Gasteiger partial charge in [-0.2, -0.15) is 0 Å². The molecule has 3 saturated carbocycles. The van der Waals surface area contributed by atoms with E-state index in [1.54, 1.807) is 0 Å². The molecule has 1 unspecified atom stereocenters. The van der Waals surface area contributed by atoms with Gasteiger partial charge in [-0.25, -0.2) is 0 Å². The van der Waals surface area contributed by atoms with Gasteiger partial charge in [0.2, 0.25) is 0 Å². The number of nitrogens with one attached hydrogen (secondary N) is 1. The van der Waals surface area contributed by atoms with Crippen molar-refractivity contribution in [2.24, 2.45) is 11.8 Å². The van der Waals surface area contributed by atoms with Gasteiger partial charge in [0.1, 0.15) is 0 Å². The molecule has 0 aromatic carbocycles. The summed E-state index contributed by atoms with van der Waals surface area (Å²) >= 11 is 0. The summed E-state index contributed by atoms with van der Waals surface area (Å²) in [5, 5.41) is 7.64. The van der Waals surface area contributed by atoms with E-state index in [2.05, 4.69) is 11.9 Å². The van der Waals surface area contributed by atoms with Crippen molar-refractivity contribution >= 4 is 5.84 Å². The minimum atomic E-state index is 0.685. The van der Waals surface area contributed by atoms with Crippen molar-refractivity contribution in [2.45, 2.75) is 45.1 Å². The Bertz CT molecular complexity index is 204. The topological polar surface area (TPSA) is 27.1 Å². The molecule has 0 aliphatic heterocycles. The quantitative estimate of drug-likeness (QED) is 0.487. The molecule has 0 amide bonds. The average Bonchev–Trinajstić information content (AvgIpc) is 2.18. The van der Waals surface area contributed by atoms with Gasteiger partial charge in [0.15, 0.2) is 0 Å². The second-order valence-electron chi connectivity index (χ2n) is 4.78. The fourth-order valence-electron chi connectivity index (χ4n) is 3.07. The highest BCUT2D eigenvalue weighted by Crippen LogP contribution is 2.43. The van der Waals surface area contributed by atoms with Crippen LogP contribution in [0.5, 0.6) is 0 Å². The molecule has 2 heteroatoms. The van der Waals surface area contributed by atoms with Crippen molar-refractivity contribution in [1.29, 1.82) is 5.41 Å². The van der Waals surface area contributed by atoms with Crippen LogP contribution in [0, 0.1) is 17.2 Å². The molecule has 2 bridgehead atoms. The first-order valence-corrected chi connectivity index (χ1v) is 5.46. The van der Waals surface area contributed by atoms with E-state index in [-0.39, 0.29) is 0 Å². The minimum Gasteiger partial charge on any atom is -0.361 e. The SMILES string of the molecule is CC(=N)N(C)C1CC2CCC1CC2. The van der Waals surface area contributed by atoms with Crippen molar-refractivity contribution in [3.05, 3.63) is 0 Å². The molecular weight excluding hydrogens is 160 g/mol. The van der Waals surface area contributed by atoms with E-state index in [0.717, 1.165) is 17.7 Å². The standard InChI is InChI=1S/C11H20N2/c1-8(12)13(2)11-7-9-3-5-10(11)6-4-9/h9-12H,3-7H2,1-2H3. The number of hydrogen-bond acceptors (Lipinski definition) is 1. The molecule has 0 aromatic rings. The summed E-state index contributed by atoms with van der Waals surface area (Å²) in [7, 11) is 2.09.